The highest BCUT2D eigenvalue weighted by Gasteiger charge is 2.04. The van der Waals surface area contributed by atoms with E-state index in [-0.39, 0.29) is 11.6 Å². The van der Waals surface area contributed by atoms with E-state index in [0.29, 0.717) is 12.2 Å². The summed E-state index contributed by atoms with van der Waals surface area (Å²) in [6, 6.07) is 22.7. The number of halogens is 2. The zero-order valence-electron chi connectivity index (χ0n) is 17.0. The number of allylic oxidation sites excluding steroid dienone is 1. The molecule has 0 aromatic heterocycles. The van der Waals surface area contributed by atoms with E-state index in [1.54, 1.807) is 18.2 Å². The lowest BCUT2D eigenvalue weighted by molar-refractivity contribution is 0.363. The summed E-state index contributed by atoms with van der Waals surface area (Å²) < 4.78 is 33.5. The molecule has 0 N–H and O–H groups in total. The van der Waals surface area contributed by atoms with E-state index in [4.69, 9.17) is 4.74 Å². The molecular weight excluding hydrogens is 390 g/mol. The quantitative estimate of drug-likeness (QED) is 0.257. The van der Waals surface area contributed by atoms with Gasteiger partial charge in [-0.1, -0.05) is 54.3 Å². The second kappa shape index (κ2) is 9.28. The van der Waals surface area contributed by atoms with Gasteiger partial charge in [-0.25, -0.2) is 8.78 Å². The molecule has 0 heterocycles. The highest BCUT2D eigenvalue weighted by molar-refractivity contribution is 5.84. The minimum atomic E-state index is -0.374. The van der Waals surface area contributed by atoms with Crippen molar-refractivity contribution in [2.24, 2.45) is 0 Å². The van der Waals surface area contributed by atoms with E-state index in [0.717, 1.165) is 33.2 Å². The summed E-state index contributed by atoms with van der Waals surface area (Å²) in [6.45, 7) is 2.46. The van der Waals surface area contributed by atoms with Crippen molar-refractivity contribution in [1.82, 2.24) is 0 Å². The van der Waals surface area contributed by atoms with Gasteiger partial charge in [-0.2, -0.15) is 0 Å². The zero-order chi connectivity index (χ0) is 21.6. The molecule has 4 aromatic rings. The van der Waals surface area contributed by atoms with Crippen molar-refractivity contribution >= 4 is 10.8 Å². The van der Waals surface area contributed by atoms with Gasteiger partial charge in [0.05, 0.1) is 5.56 Å². The number of hydrogen-bond donors (Lipinski definition) is 0. The van der Waals surface area contributed by atoms with E-state index >= 15 is 0 Å². The average Bonchev–Trinajstić information content (AvgIpc) is 2.79. The van der Waals surface area contributed by atoms with Gasteiger partial charge in [0.25, 0.3) is 0 Å². The SMILES string of the molecule is C/C=C/COc1ccc(-c2ccc(C#Cc3ccc4cc(F)ccc4c3)c(F)c2)cc1. The maximum absolute atomic E-state index is 14.6. The minimum absolute atomic E-state index is 0.274. The second-order valence-corrected chi connectivity index (χ2v) is 7.06. The molecule has 0 aliphatic heterocycles. The van der Waals surface area contributed by atoms with Gasteiger partial charge in [-0.15, -0.1) is 0 Å². The Morgan fingerprint density at radius 1 is 0.774 bits per heavy atom. The molecular formula is C28H20F2O. The van der Waals surface area contributed by atoms with Crippen molar-refractivity contribution in [3.63, 3.8) is 0 Å². The fraction of sp³-hybridized carbons (Fsp3) is 0.0714. The molecule has 0 atom stereocenters. The van der Waals surface area contributed by atoms with Gasteiger partial charge in [-0.05, 0) is 77.4 Å². The molecule has 0 saturated heterocycles. The first-order valence-corrected chi connectivity index (χ1v) is 9.98. The van der Waals surface area contributed by atoms with E-state index in [9.17, 15) is 8.78 Å². The fourth-order valence-electron chi connectivity index (χ4n) is 3.21. The van der Waals surface area contributed by atoms with Crippen molar-refractivity contribution in [2.75, 3.05) is 6.61 Å². The van der Waals surface area contributed by atoms with Crippen LogP contribution in [0.25, 0.3) is 21.9 Å². The standard InChI is InChI=1S/C28H20F2O/c1-2-3-16-31-27-14-11-21(12-15-27)25-9-8-22(28(30)19-25)6-4-20-5-7-24-18-26(29)13-10-23(24)17-20/h2-3,5,7-15,17-19H,16H2,1H3/b3-2+. The summed E-state index contributed by atoms with van der Waals surface area (Å²) in [7, 11) is 0. The van der Waals surface area contributed by atoms with Crippen LogP contribution in [0.15, 0.2) is 91.0 Å². The molecule has 31 heavy (non-hydrogen) atoms. The third kappa shape index (κ3) is 4.99. The van der Waals surface area contributed by atoms with Crippen molar-refractivity contribution in [3.05, 3.63) is 114 Å². The molecule has 0 amide bonds. The first kappa shape index (κ1) is 20.4. The monoisotopic (exact) mass is 410 g/mol. The normalized spacial score (nSPS) is 10.8. The van der Waals surface area contributed by atoms with Crippen LogP contribution in [0, 0.1) is 23.5 Å². The largest absolute Gasteiger partial charge is 0.490 e. The molecule has 3 heteroatoms. The van der Waals surface area contributed by atoms with Crippen LogP contribution in [-0.2, 0) is 0 Å². The summed E-state index contributed by atoms with van der Waals surface area (Å²) in [5, 5.41) is 1.70. The Morgan fingerprint density at radius 3 is 2.29 bits per heavy atom. The Labute approximate surface area is 180 Å². The first-order valence-electron chi connectivity index (χ1n) is 9.98. The number of fused-ring (bicyclic) bond motifs is 1. The molecule has 0 saturated carbocycles. The predicted octanol–water partition coefficient (Wildman–Crippen LogP) is 7.14. The van der Waals surface area contributed by atoms with Crippen LogP contribution in [0.2, 0.25) is 0 Å². The zero-order valence-corrected chi connectivity index (χ0v) is 17.0. The van der Waals surface area contributed by atoms with Crippen molar-refractivity contribution in [3.8, 4) is 28.7 Å². The highest BCUT2D eigenvalue weighted by Crippen LogP contribution is 2.24. The molecule has 4 aromatic carbocycles. The van der Waals surface area contributed by atoms with Crippen molar-refractivity contribution in [1.29, 1.82) is 0 Å². The maximum atomic E-state index is 14.6. The van der Waals surface area contributed by atoms with Crippen LogP contribution < -0.4 is 4.74 Å². The van der Waals surface area contributed by atoms with Gasteiger partial charge >= 0.3 is 0 Å². The summed E-state index contributed by atoms with van der Waals surface area (Å²) in [5.74, 6) is 6.01. The fourth-order valence-corrected chi connectivity index (χ4v) is 3.21. The van der Waals surface area contributed by atoms with E-state index < -0.39 is 0 Å². The molecule has 0 aliphatic rings. The summed E-state index contributed by atoms with van der Waals surface area (Å²) in [5.41, 5.74) is 2.75. The second-order valence-electron chi connectivity index (χ2n) is 7.06. The van der Waals surface area contributed by atoms with Gasteiger partial charge in [-0.3, -0.25) is 0 Å². The minimum Gasteiger partial charge on any atom is -0.490 e. The third-order valence-electron chi connectivity index (χ3n) is 4.88. The van der Waals surface area contributed by atoms with E-state index in [2.05, 4.69) is 11.8 Å². The van der Waals surface area contributed by atoms with Crippen LogP contribution in [0.3, 0.4) is 0 Å². The predicted molar refractivity (Wildman–Crippen MR) is 122 cm³/mol. The van der Waals surface area contributed by atoms with E-state index in [1.165, 1.54) is 18.2 Å². The lowest BCUT2D eigenvalue weighted by Crippen LogP contribution is -1.92. The highest BCUT2D eigenvalue weighted by atomic mass is 19.1. The molecule has 0 bridgehead atoms. The van der Waals surface area contributed by atoms with Gasteiger partial charge in [0.2, 0.25) is 0 Å². The van der Waals surface area contributed by atoms with Crippen LogP contribution in [0.5, 0.6) is 5.75 Å². The number of rotatable bonds is 4. The number of benzene rings is 4. The topological polar surface area (TPSA) is 9.23 Å². The average molecular weight is 410 g/mol. The molecule has 0 spiro atoms. The third-order valence-corrected chi connectivity index (χ3v) is 4.88. The lowest BCUT2D eigenvalue weighted by Gasteiger charge is -2.06. The number of hydrogen-bond acceptors (Lipinski definition) is 1. The Kier molecular flexibility index (Phi) is 6.10. The molecule has 1 nitrogen and oxygen atoms in total. The number of ether oxygens (including phenoxy) is 1. The Bertz CT molecular complexity index is 1310. The van der Waals surface area contributed by atoms with Crippen LogP contribution in [-0.4, -0.2) is 6.61 Å². The van der Waals surface area contributed by atoms with Crippen LogP contribution in [0.4, 0.5) is 8.78 Å². The van der Waals surface area contributed by atoms with Gasteiger partial charge in [0, 0.05) is 5.56 Å². The van der Waals surface area contributed by atoms with Crippen molar-refractivity contribution in [2.45, 2.75) is 6.92 Å². The summed E-state index contributed by atoms with van der Waals surface area (Å²) in [4.78, 5) is 0. The smallest absolute Gasteiger partial charge is 0.139 e. The molecule has 4 rings (SSSR count). The van der Waals surface area contributed by atoms with Gasteiger partial charge < -0.3 is 4.74 Å². The van der Waals surface area contributed by atoms with Crippen LogP contribution in [0.1, 0.15) is 18.1 Å². The van der Waals surface area contributed by atoms with Crippen LogP contribution >= 0.6 is 0 Å². The van der Waals surface area contributed by atoms with Gasteiger partial charge in [0.15, 0.2) is 0 Å². The van der Waals surface area contributed by atoms with E-state index in [1.807, 2.05) is 61.5 Å². The Morgan fingerprint density at radius 2 is 1.52 bits per heavy atom. The molecule has 0 fully saturated rings. The Hall–Kier alpha value is -3.90. The lowest BCUT2D eigenvalue weighted by atomic mass is 10.0. The molecule has 0 aliphatic carbocycles. The summed E-state index contributed by atoms with van der Waals surface area (Å²) in [6.07, 6.45) is 3.86. The first-order chi connectivity index (χ1) is 15.1. The van der Waals surface area contributed by atoms with Gasteiger partial charge in [0.1, 0.15) is 24.0 Å². The summed E-state index contributed by atoms with van der Waals surface area (Å²) >= 11 is 0. The van der Waals surface area contributed by atoms with Crippen molar-refractivity contribution < 1.29 is 13.5 Å². The molecule has 0 radical (unpaired) electrons. The molecule has 152 valence electrons. The Balaban J connectivity index is 1.52. The maximum Gasteiger partial charge on any atom is 0.139 e. The molecule has 0 unspecified atom stereocenters.